The minimum atomic E-state index is -0.462. The number of carbonyl (C=O) groups excluding carboxylic acids is 2. The summed E-state index contributed by atoms with van der Waals surface area (Å²) >= 11 is 11.8. The fraction of sp³-hybridized carbons (Fsp3) is 0.133. The molecule has 0 aliphatic carbocycles. The van der Waals surface area contributed by atoms with Crippen molar-refractivity contribution in [2.75, 3.05) is 5.32 Å². The van der Waals surface area contributed by atoms with Gasteiger partial charge >= 0.3 is 0 Å². The summed E-state index contributed by atoms with van der Waals surface area (Å²) in [6, 6.07) is 8.45. The lowest BCUT2D eigenvalue weighted by molar-refractivity contribution is -0.126. The van der Waals surface area contributed by atoms with Crippen LogP contribution in [0, 0.1) is 0 Å². The van der Waals surface area contributed by atoms with Gasteiger partial charge in [0.25, 0.3) is 0 Å². The molecule has 2 N–H and O–H groups in total. The number of rotatable bonds is 5. The number of amides is 2. The van der Waals surface area contributed by atoms with Gasteiger partial charge in [-0.15, -0.1) is 0 Å². The van der Waals surface area contributed by atoms with E-state index >= 15 is 0 Å². The Balaban J connectivity index is 1.84. The van der Waals surface area contributed by atoms with Crippen molar-refractivity contribution in [1.82, 2.24) is 10.3 Å². The molecule has 2 aromatic rings. The van der Waals surface area contributed by atoms with Crippen molar-refractivity contribution in [2.45, 2.75) is 13.0 Å². The number of hydrogen-bond donors (Lipinski definition) is 2. The maximum Gasteiger partial charge on any atom is 0.233 e. The zero-order valence-electron chi connectivity index (χ0n) is 11.5. The van der Waals surface area contributed by atoms with Gasteiger partial charge in [0, 0.05) is 18.9 Å². The Labute approximate surface area is 137 Å². The van der Waals surface area contributed by atoms with Gasteiger partial charge < -0.3 is 10.6 Å². The Hall–Kier alpha value is -2.11. The fourth-order valence-electron chi connectivity index (χ4n) is 1.70. The molecular weight excluding hydrogens is 325 g/mol. The van der Waals surface area contributed by atoms with E-state index in [1.54, 1.807) is 42.7 Å². The highest BCUT2D eigenvalue weighted by molar-refractivity contribution is 6.44. The van der Waals surface area contributed by atoms with Gasteiger partial charge in [0.1, 0.15) is 6.42 Å². The molecule has 2 amide bonds. The van der Waals surface area contributed by atoms with E-state index in [2.05, 4.69) is 15.6 Å². The molecule has 0 bridgehead atoms. The van der Waals surface area contributed by atoms with Crippen LogP contribution < -0.4 is 10.6 Å². The molecule has 5 nitrogen and oxygen atoms in total. The summed E-state index contributed by atoms with van der Waals surface area (Å²) in [5, 5.41) is 5.79. The molecule has 0 aliphatic rings. The number of anilines is 1. The summed E-state index contributed by atoms with van der Waals surface area (Å²) in [5.41, 5.74) is 1.28. The Kier molecular flexibility index (Phi) is 5.75. The number of pyridine rings is 1. The predicted octanol–water partition coefficient (Wildman–Crippen LogP) is 3.03. The minimum Gasteiger partial charge on any atom is -0.352 e. The van der Waals surface area contributed by atoms with Gasteiger partial charge in [-0.3, -0.25) is 14.6 Å². The first-order chi connectivity index (χ1) is 10.6. The first-order valence-corrected chi connectivity index (χ1v) is 7.21. The molecule has 2 rings (SSSR count). The van der Waals surface area contributed by atoms with E-state index in [9.17, 15) is 9.59 Å². The predicted molar refractivity (Wildman–Crippen MR) is 85.8 cm³/mol. The van der Waals surface area contributed by atoms with Gasteiger partial charge in [0.15, 0.2) is 0 Å². The Bertz CT molecular complexity index is 678. The van der Waals surface area contributed by atoms with Crippen LogP contribution in [-0.4, -0.2) is 16.8 Å². The van der Waals surface area contributed by atoms with E-state index in [1.165, 1.54) is 0 Å². The van der Waals surface area contributed by atoms with Gasteiger partial charge in [0.05, 0.1) is 15.7 Å². The number of nitrogens with one attached hydrogen (secondary N) is 2. The zero-order valence-corrected chi connectivity index (χ0v) is 13.0. The zero-order chi connectivity index (χ0) is 15.9. The summed E-state index contributed by atoms with van der Waals surface area (Å²) in [4.78, 5) is 27.4. The van der Waals surface area contributed by atoms with E-state index in [0.29, 0.717) is 17.3 Å². The van der Waals surface area contributed by atoms with Gasteiger partial charge in [-0.05, 0) is 29.8 Å². The topological polar surface area (TPSA) is 71.1 Å². The average molecular weight is 338 g/mol. The monoisotopic (exact) mass is 337 g/mol. The van der Waals surface area contributed by atoms with Crippen molar-refractivity contribution < 1.29 is 9.59 Å². The first kappa shape index (κ1) is 16.3. The van der Waals surface area contributed by atoms with Crippen LogP contribution in [0.1, 0.15) is 12.0 Å². The van der Waals surface area contributed by atoms with Crippen LogP contribution in [0.25, 0.3) is 0 Å². The number of halogens is 2. The maximum atomic E-state index is 11.8. The summed E-state index contributed by atoms with van der Waals surface area (Å²) in [6.45, 7) is 0.340. The molecule has 1 aromatic heterocycles. The number of nitrogens with zero attached hydrogens (tertiary/aromatic N) is 1. The fourth-order valence-corrected chi connectivity index (χ4v) is 2.05. The Morgan fingerprint density at radius 1 is 1.05 bits per heavy atom. The molecule has 0 spiro atoms. The highest BCUT2D eigenvalue weighted by atomic mass is 35.5. The largest absolute Gasteiger partial charge is 0.352 e. The van der Waals surface area contributed by atoms with E-state index in [1.807, 2.05) is 0 Å². The van der Waals surface area contributed by atoms with Gasteiger partial charge in [-0.2, -0.15) is 0 Å². The average Bonchev–Trinajstić information content (AvgIpc) is 2.51. The third kappa shape index (κ3) is 4.72. The van der Waals surface area contributed by atoms with Crippen LogP contribution in [0.5, 0.6) is 0 Å². The first-order valence-electron chi connectivity index (χ1n) is 6.45. The summed E-state index contributed by atoms with van der Waals surface area (Å²) in [6.07, 6.45) is 2.97. The van der Waals surface area contributed by atoms with Gasteiger partial charge in [-0.25, -0.2) is 0 Å². The van der Waals surface area contributed by atoms with Crippen molar-refractivity contribution in [3.63, 3.8) is 0 Å². The molecule has 1 heterocycles. The van der Waals surface area contributed by atoms with Crippen molar-refractivity contribution in [1.29, 1.82) is 0 Å². The second-order valence-electron chi connectivity index (χ2n) is 4.46. The highest BCUT2D eigenvalue weighted by Gasteiger charge is 2.12. The Morgan fingerprint density at radius 3 is 2.50 bits per heavy atom. The highest BCUT2D eigenvalue weighted by Crippen LogP contribution is 2.29. The number of carbonyl (C=O) groups is 2. The SMILES string of the molecule is O=C(CC(=O)Nc1cccc(Cl)c1Cl)NCc1ccncc1. The maximum absolute atomic E-state index is 11.8. The van der Waals surface area contributed by atoms with Crippen LogP contribution in [-0.2, 0) is 16.1 Å². The molecule has 0 saturated heterocycles. The second kappa shape index (κ2) is 7.77. The molecule has 1 aromatic carbocycles. The van der Waals surface area contributed by atoms with Crippen molar-refractivity contribution in [2.24, 2.45) is 0 Å². The molecule has 0 aliphatic heterocycles. The summed E-state index contributed by atoms with van der Waals surface area (Å²) < 4.78 is 0. The molecule has 0 saturated carbocycles. The Morgan fingerprint density at radius 2 is 1.77 bits per heavy atom. The quantitative estimate of drug-likeness (QED) is 0.823. The molecule has 7 heteroatoms. The lowest BCUT2D eigenvalue weighted by Gasteiger charge is -2.08. The molecular formula is C15H13Cl2N3O2. The number of aromatic nitrogens is 1. The van der Waals surface area contributed by atoms with Gasteiger partial charge in [-0.1, -0.05) is 29.3 Å². The van der Waals surface area contributed by atoms with Crippen LogP contribution in [0.4, 0.5) is 5.69 Å². The van der Waals surface area contributed by atoms with Crippen molar-refractivity contribution >= 4 is 40.7 Å². The van der Waals surface area contributed by atoms with E-state index in [0.717, 1.165) is 5.56 Å². The molecule has 0 unspecified atom stereocenters. The lowest BCUT2D eigenvalue weighted by atomic mass is 10.2. The molecule has 0 atom stereocenters. The van der Waals surface area contributed by atoms with Gasteiger partial charge in [0.2, 0.25) is 11.8 Å². The normalized spacial score (nSPS) is 10.1. The number of hydrogen-bond acceptors (Lipinski definition) is 3. The van der Waals surface area contributed by atoms with E-state index in [4.69, 9.17) is 23.2 Å². The summed E-state index contributed by atoms with van der Waals surface area (Å²) in [5.74, 6) is -0.844. The molecule has 22 heavy (non-hydrogen) atoms. The third-order valence-electron chi connectivity index (χ3n) is 2.79. The standard InChI is InChI=1S/C15H13Cl2N3O2/c16-11-2-1-3-12(15(11)17)20-14(22)8-13(21)19-9-10-4-6-18-7-5-10/h1-7H,8-9H2,(H,19,21)(H,20,22). The second-order valence-corrected chi connectivity index (χ2v) is 5.24. The minimum absolute atomic E-state index is 0.245. The molecule has 114 valence electrons. The van der Waals surface area contributed by atoms with Crippen LogP contribution in [0.2, 0.25) is 10.0 Å². The van der Waals surface area contributed by atoms with E-state index < -0.39 is 5.91 Å². The smallest absolute Gasteiger partial charge is 0.233 e. The van der Waals surface area contributed by atoms with Crippen LogP contribution in [0.15, 0.2) is 42.7 Å². The molecule has 0 radical (unpaired) electrons. The van der Waals surface area contributed by atoms with Crippen molar-refractivity contribution in [3.05, 3.63) is 58.3 Å². The van der Waals surface area contributed by atoms with Crippen LogP contribution >= 0.6 is 23.2 Å². The van der Waals surface area contributed by atoms with Crippen LogP contribution in [0.3, 0.4) is 0 Å². The summed E-state index contributed by atoms with van der Waals surface area (Å²) in [7, 11) is 0. The third-order valence-corrected chi connectivity index (χ3v) is 3.60. The molecule has 0 fully saturated rings. The van der Waals surface area contributed by atoms with Crippen molar-refractivity contribution in [3.8, 4) is 0 Å². The van der Waals surface area contributed by atoms with E-state index in [-0.39, 0.29) is 17.4 Å². The number of benzene rings is 1. The lowest BCUT2D eigenvalue weighted by Crippen LogP contribution is -2.27.